The first-order valence-electron chi connectivity index (χ1n) is 5.58. The van der Waals surface area contributed by atoms with Crippen LogP contribution in [-0.4, -0.2) is 5.91 Å². The molecule has 90 valence electrons. The molecule has 1 N–H and O–H groups in total. The molecule has 0 heterocycles. The Balaban J connectivity index is 2.02. The largest absolute Gasteiger partial charge is 0.326 e. The fraction of sp³-hybridized carbons (Fsp3) is 0.308. The first kappa shape index (κ1) is 12.1. The molecule has 4 heteroatoms. The number of anilines is 1. The first-order chi connectivity index (χ1) is 8.16. The topological polar surface area (TPSA) is 29.1 Å². The van der Waals surface area contributed by atoms with Gasteiger partial charge in [-0.25, -0.2) is 4.39 Å². The highest BCUT2D eigenvalue weighted by molar-refractivity contribution is 6.31. The summed E-state index contributed by atoms with van der Waals surface area (Å²) in [7, 11) is 0. The summed E-state index contributed by atoms with van der Waals surface area (Å²) in [5.74, 6) is -0.508. The van der Waals surface area contributed by atoms with Gasteiger partial charge in [-0.05, 0) is 37.5 Å². The Morgan fingerprint density at radius 3 is 2.88 bits per heavy atom. The van der Waals surface area contributed by atoms with Gasteiger partial charge in [0.15, 0.2) is 0 Å². The zero-order valence-corrected chi connectivity index (χ0v) is 10.0. The third-order valence-corrected chi connectivity index (χ3v) is 3.12. The van der Waals surface area contributed by atoms with Crippen molar-refractivity contribution in [2.75, 3.05) is 5.32 Å². The molecule has 1 aliphatic rings. The quantitative estimate of drug-likeness (QED) is 0.799. The minimum Gasteiger partial charge on any atom is -0.326 e. The number of carbonyl (C=O) groups is 1. The summed E-state index contributed by atoms with van der Waals surface area (Å²) in [6, 6.07) is 4.18. The number of amides is 1. The second-order valence-corrected chi connectivity index (χ2v) is 4.51. The monoisotopic (exact) mass is 253 g/mol. The number of allylic oxidation sites excluding steroid dienone is 2. The maximum Gasteiger partial charge on any atom is 0.227 e. The van der Waals surface area contributed by atoms with E-state index < -0.39 is 5.82 Å². The molecular weight excluding hydrogens is 241 g/mol. The second-order valence-electron chi connectivity index (χ2n) is 4.10. The van der Waals surface area contributed by atoms with Gasteiger partial charge in [-0.15, -0.1) is 0 Å². The van der Waals surface area contributed by atoms with E-state index in [9.17, 15) is 9.18 Å². The Hall–Kier alpha value is -1.35. The third kappa shape index (κ3) is 3.07. The molecule has 0 aromatic heterocycles. The van der Waals surface area contributed by atoms with Gasteiger partial charge in [0.05, 0.1) is 5.02 Å². The van der Waals surface area contributed by atoms with Gasteiger partial charge < -0.3 is 5.32 Å². The van der Waals surface area contributed by atoms with Crippen LogP contribution in [0.1, 0.15) is 19.3 Å². The van der Waals surface area contributed by atoms with Crippen LogP contribution in [0.15, 0.2) is 30.4 Å². The predicted octanol–water partition coefficient (Wildman–Crippen LogP) is 3.77. The van der Waals surface area contributed by atoms with E-state index >= 15 is 0 Å². The summed E-state index contributed by atoms with van der Waals surface area (Å²) in [5, 5.41) is 2.78. The molecule has 0 fully saturated rings. The Kier molecular flexibility index (Phi) is 3.79. The third-order valence-electron chi connectivity index (χ3n) is 2.83. The molecule has 1 aromatic carbocycles. The average Bonchev–Trinajstić information content (AvgIpc) is 2.35. The molecule has 17 heavy (non-hydrogen) atoms. The van der Waals surface area contributed by atoms with Gasteiger partial charge >= 0.3 is 0 Å². The maximum atomic E-state index is 12.9. The lowest BCUT2D eigenvalue weighted by molar-refractivity contribution is -0.120. The molecule has 2 rings (SSSR count). The molecule has 1 aliphatic carbocycles. The number of carbonyl (C=O) groups excluding carboxylic acids is 1. The van der Waals surface area contributed by atoms with Crippen LogP contribution in [0.3, 0.4) is 0 Å². The van der Waals surface area contributed by atoms with Crippen LogP contribution in [0.25, 0.3) is 0 Å². The molecule has 1 aromatic rings. The van der Waals surface area contributed by atoms with Gasteiger partial charge in [-0.1, -0.05) is 23.8 Å². The number of nitrogens with one attached hydrogen (secondary N) is 1. The van der Waals surface area contributed by atoms with Crippen molar-refractivity contribution in [3.63, 3.8) is 0 Å². The summed E-state index contributed by atoms with van der Waals surface area (Å²) in [5.41, 5.74) is 0.538. The Labute approximate surface area is 104 Å². The van der Waals surface area contributed by atoms with E-state index in [2.05, 4.69) is 11.4 Å². The Morgan fingerprint density at radius 1 is 1.41 bits per heavy atom. The molecule has 1 unspecified atom stereocenters. The summed E-state index contributed by atoms with van der Waals surface area (Å²) in [6.45, 7) is 0. The number of rotatable bonds is 2. The fourth-order valence-electron chi connectivity index (χ4n) is 1.85. The van der Waals surface area contributed by atoms with Gasteiger partial charge in [0.1, 0.15) is 5.82 Å². The molecule has 0 aliphatic heterocycles. The highest BCUT2D eigenvalue weighted by atomic mass is 35.5. The average molecular weight is 254 g/mol. The van der Waals surface area contributed by atoms with E-state index in [0.717, 1.165) is 19.3 Å². The van der Waals surface area contributed by atoms with Crippen LogP contribution in [0.5, 0.6) is 0 Å². The zero-order chi connectivity index (χ0) is 12.3. The predicted molar refractivity (Wildman–Crippen MR) is 66.5 cm³/mol. The number of hydrogen-bond acceptors (Lipinski definition) is 1. The normalized spacial score (nSPS) is 19.1. The molecule has 0 saturated carbocycles. The lowest BCUT2D eigenvalue weighted by Crippen LogP contribution is -2.23. The molecule has 1 amide bonds. The van der Waals surface area contributed by atoms with Crippen molar-refractivity contribution < 1.29 is 9.18 Å². The van der Waals surface area contributed by atoms with Crippen LogP contribution in [-0.2, 0) is 4.79 Å². The maximum absolute atomic E-state index is 12.9. The van der Waals surface area contributed by atoms with Crippen molar-refractivity contribution in [3.8, 4) is 0 Å². The molecule has 0 bridgehead atoms. The van der Waals surface area contributed by atoms with Gasteiger partial charge in [0.2, 0.25) is 5.91 Å². The van der Waals surface area contributed by atoms with Gasteiger partial charge in [-0.2, -0.15) is 0 Å². The second kappa shape index (κ2) is 5.32. The lowest BCUT2D eigenvalue weighted by Gasteiger charge is -2.17. The lowest BCUT2D eigenvalue weighted by atomic mass is 9.93. The fourth-order valence-corrected chi connectivity index (χ4v) is 2.03. The van der Waals surface area contributed by atoms with Crippen molar-refractivity contribution in [2.45, 2.75) is 19.3 Å². The van der Waals surface area contributed by atoms with Crippen LogP contribution in [0, 0.1) is 11.7 Å². The van der Waals surface area contributed by atoms with E-state index in [1.165, 1.54) is 18.2 Å². The van der Waals surface area contributed by atoms with Crippen LogP contribution in [0.4, 0.5) is 10.1 Å². The van der Waals surface area contributed by atoms with Crippen molar-refractivity contribution in [2.24, 2.45) is 5.92 Å². The molecule has 0 radical (unpaired) electrons. The van der Waals surface area contributed by atoms with Crippen LogP contribution in [0.2, 0.25) is 5.02 Å². The van der Waals surface area contributed by atoms with Crippen molar-refractivity contribution >= 4 is 23.2 Å². The van der Waals surface area contributed by atoms with Crippen molar-refractivity contribution in [3.05, 3.63) is 41.2 Å². The van der Waals surface area contributed by atoms with Gasteiger partial charge in [0, 0.05) is 11.6 Å². The molecule has 0 saturated heterocycles. The summed E-state index contributed by atoms with van der Waals surface area (Å²) in [4.78, 5) is 11.9. The minimum absolute atomic E-state index is 0.00354. The zero-order valence-electron chi connectivity index (χ0n) is 9.25. The Bertz CT molecular complexity index is 459. The number of hydrogen-bond donors (Lipinski definition) is 1. The van der Waals surface area contributed by atoms with E-state index in [0.29, 0.717) is 5.69 Å². The first-order valence-corrected chi connectivity index (χ1v) is 5.95. The Morgan fingerprint density at radius 2 is 2.24 bits per heavy atom. The molecular formula is C13H13ClFNO. The summed E-state index contributed by atoms with van der Waals surface area (Å²) in [6.07, 6.45) is 6.66. The smallest absolute Gasteiger partial charge is 0.227 e. The van der Waals surface area contributed by atoms with Crippen LogP contribution >= 0.6 is 11.6 Å². The van der Waals surface area contributed by atoms with Gasteiger partial charge in [0.25, 0.3) is 0 Å². The highest BCUT2D eigenvalue weighted by Gasteiger charge is 2.18. The summed E-state index contributed by atoms with van der Waals surface area (Å²) < 4.78 is 12.9. The molecule has 1 atom stereocenters. The highest BCUT2D eigenvalue weighted by Crippen LogP contribution is 2.23. The number of halogens is 2. The standard InChI is InChI=1S/C13H13ClFNO/c14-11-8-10(6-7-12(11)15)16-13(17)9-4-2-1-3-5-9/h1-2,6-9H,3-5H2,(H,16,17). The minimum atomic E-state index is -0.481. The molecule has 2 nitrogen and oxygen atoms in total. The molecule has 0 spiro atoms. The van der Waals surface area contributed by atoms with E-state index in [-0.39, 0.29) is 16.8 Å². The number of benzene rings is 1. The van der Waals surface area contributed by atoms with Gasteiger partial charge in [-0.3, -0.25) is 4.79 Å². The van der Waals surface area contributed by atoms with E-state index in [4.69, 9.17) is 11.6 Å². The van der Waals surface area contributed by atoms with E-state index in [1.54, 1.807) is 0 Å². The SMILES string of the molecule is O=C(Nc1ccc(F)c(Cl)c1)C1CC=CCC1. The van der Waals surface area contributed by atoms with Crippen molar-refractivity contribution in [1.29, 1.82) is 0 Å². The van der Waals surface area contributed by atoms with Crippen molar-refractivity contribution in [1.82, 2.24) is 0 Å². The van der Waals surface area contributed by atoms with E-state index in [1.807, 2.05) is 6.08 Å². The van der Waals surface area contributed by atoms with Crippen LogP contribution < -0.4 is 5.32 Å². The summed E-state index contributed by atoms with van der Waals surface area (Å²) >= 11 is 5.65.